The number of benzene rings is 1. The number of halogens is 3. The van der Waals surface area contributed by atoms with Gasteiger partial charge in [0.1, 0.15) is 0 Å². The van der Waals surface area contributed by atoms with Gasteiger partial charge in [-0.1, -0.05) is 37.6 Å². The SMILES string of the molecule is CNC(=O)[C@H]1CCC2C3CCC4=C(c5ccccc5C(F)(F)F)C(=O)CC[C@]4(C)C3CC[C@@]21C. The molecule has 0 aliphatic heterocycles. The summed E-state index contributed by atoms with van der Waals surface area (Å²) in [5, 5.41) is 2.86. The predicted octanol–water partition coefficient (Wildman–Crippen LogP) is 6.43. The first kappa shape index (κ1) is 23.6. The van der Waals surface area contributed by atoms with E-state index in [4.69, 9.17) is 0 Å². The Labute approximate surface area is 199 Å². The van der Waals surface area contributed by atoms with Gasteiger partial charge in [-0.3, -0.25) is 9.59 Å². The molecule has 1 N–H and O–H groups in total. The summed E-state index contributed by atoms with van der Waals surface area (Å²) in [4.78, 5) is 25.8. The molecule has 0 saturated heterocycles. The lowest BCUT2D eigenvalue weighted by atomic mass is 9.46. The van der Waals surface area contributed by atoms with Gasteiger partial charge in [0.2, 0.25) is 5.91 Å². The zero-order valence-electron chi connectivity index (χ0n) is 20.2. The number of ketones is 1. The molecule has 0 radical (unpaired) electrons. The number of amides is 1. The van der Waals surface area contributed by atoms with Gasteiger partial charge >= 0.3 is 6.18 Å². The molecule has 3 nitrogen and oxygen atoms in total. The predicted molar refractivity (Wildman–Crippen MR) is 125 cm³/mol. The Kier molecular flexibility index (Phi) is 5.53. The van der Waals surface area contributed by atoms with Crippen LogP contribution in [0.4, 0.5) is 13.2 Å². The summed E-state index contributed by atoms with van der Waals surface area (Å²) in [5.74, 6) is 1.28. The van der Waals surface area contributed by atoms with Crippen LogP contribution in [0.3, 0.4) is 0 Å². The van der Waals surface area contributed by atoms with Crippen LogP contribution in [0, 0.1) is 34.5 Å². The number of carbonyl (C=O) groups is 2. The molecule has 6 heteroatoms. The quantitative estimate of drug-likeness (QED) is 0.538. The molecular weight excluding hydrogens is 439 g/mol. The number of carbonyl (C=O) groups excluding carboxylic acids is 2. The minimum absolute atomic E-state index is 0.0188. The second-order valence-corrected chi connectivity index (χ2v) is 11.4. The number of Topliss-reactive ketones (excluding diaryl/α,β-unsaturated/α-hetero) is 1. The number of alkyl halides is 3. The maximum atomic E-state index is 13.9. The highest BCUT2D eigenvalue weighted by molar-refractivity contribution is 6.23. The Morgan fingerprint density at radius 3 is 2.44 bits per heavy atom. The van der Waals surface area contributed by atoms with Gasteiger partial charge in [-0.25, -0.2) is 0 Å². The Hall–Kier alpha value is -2.11. The smallest absolute Gasteiger partial charge is 0.359 e. The van der Waals surface area contributed by atoms with Crippen LogP contribution >= 0.6 is 0 Å². The van der Waals surface area contributed by atoms with Crippen molar-refractivity contribution < 1.29 is 22.8 Å². The van der Waals surface area contributed by atoms with Crippen LogP contribution in [0.1, 0.15) is 76.3 Å². The van der Waals surface area contributed by atoms with Crippen molar-refractivity contribution in [2.45, 2.75) is 71.4 Å². The van der Waals surface area contributed by atoms with Gasteiger partial charge in [-0.15, -0.1) is 0 Å². The van der Waals surface area contributed by atoms with Crippen LogP contribution in [0.5, 0.6) is 0 Å². The fraction of sp³-hybridized carbons (Fsp3) is 0.643. The normalized spacial score (nSPS) is 37.6. The van der Waals surface area contributed by atoms with Gasteiger partial charge in [0.15, 0.2) is 5.78 Å². The number of allylic oxidation sites excluding steroid dienone is 1. The average Bonchev–Trinajstić information content (AvgIpc) is 3.15. The molecule has 3 saturated carbocycles. The van der Waals surface area contributed by atoms with Gasteiger partial charge in [-0.05, 0) is 85.2 Å². The number of fused-ring (bicyclic) bond motifs is 5. The van der Waals surface area contributed by atoms with Crippen LogP contribution < -0.4 is 5.32 Å². The summed E-state index contributed by atoms with van der Waals surface area (Å²) in [7, 11) is 1.71. The Morgan fingerprint density at radius 2 is 1.74 bits per heavy atom. The highest BCUT2D eigenvalue weighted by atomic mass is 19.4. The first-order valence-corrected chi connectivity index (χ1v) is 12.7. The van der Waals surface area contributed by atoms with E-state index >= 15 is 0 Å². The van der Waals surface area contributed by atoms with E-state index in [1.54, 1.807) is 13.1 Å². The van der Waals surface area contributed by atoms with E-state index in [1.165, 1.54) is 12.1 Å². The van der Waals surface area contributed by atoms with E-state index < -0.39 is 11.7 Å². The molecular formula is C28H34F3NO2. The molecule has 0 spiro atoms. The van der Waals surface area contributed by atoms with Crippen LogP contribution in [-0.4, -0.2) is 18.7 Å². The van der Waals surface area contributed by atoms with Gasteiger partial charge in [-0.2, -0.15) is 13.2 Å². The molecule has 184 valence electrons. The fourth-order valence-electron chi connectivity index (χ4n) is 8.58. The van der Waals surface area contributed by atoms with E-state index in [1.807, 2.05) is 0 Å². The lowest BCUT2D eigenvalue weighted by molar-refractivity contribution is -0.138. The van der Waals surface area contributed by atoms with Crippen LogP contribution in [0.15, 0.2) is 29.8 Å². The summed E-state index contributed by atoms with van der Waals surface area (Å²) in [6.45, 7) is 4.49. The van der Waals surface area contributed by atoms with Crippen molar-refractivity contribution in [1.29, 1.82) is 0 Å². The number of hydrogen-bond acceptors (Lipinski definition) is 2. The second kappa shape index (κ2) is 7.96. The van der Waals surface area contributed by atoms with Crippen molar-refractivity contribution >= 4 is 17.3 Å². The zero-order valence-corrected chi connectivity index (χ0v) is 20.2. The van der Waals surface area contributed by atoms with Gasteiger partial charge < -0.3 is 5.32 Å². The van der Waals surface area contributed by atoms with E-state index in [0.29, 0.717) is 42.6 Å². The van der Waals surface area contributed by atoms with Crippen LogP contribution in [-0.2, 0) is 15.8 Å². The Bertz CT molecular complexity index is 1060. The summed E-state index contributed by atoms with van der Waals surface area (Å²) < 4.78 is 41.6. The van der Waals surface area contributed by atoms with Crippen molar-refractivity contribution in [1.82, 2.24) is 5.32 Å². The van der Waals surface area contributed by atoms with Gasteiger partial charge in [0.05, 0.1) is 5.56 Å². The highest BCUT2D eigenvalue weighted by Crippen LogP contribution is 2.67. The molecule has 4 aliphatic rings. The van der Waals surface area contributed by atoms with E-state index in [-0.39, 0.29) is 34.0 Å². The third-order valence-electron chi connectivity index (χ3n) is 10.2. The minimum atomic E-state index is -4.50. The first-order chi connectivity index (χ1) is 16.0. The molecule has 5 rings (SSSR count). The number of hydrogen-bond donors (Lipinski definition) is 1. The van der Waals surface area contributed by atoms with Crippen molar-refractivity contribution in [3.63, 3.8) is 0 Å². The minimum Gasteiger partial charge on any atom is -0.359 e. The lowest BCUT2D eigenvalue weighted by Crippen LogP contribution is -2.52. The molecule has 0 heterocycles. The summed E-state index contributed by atoms with van der Waals surface area (Å²) >= 11 is 0. The molecule has 6 atom stereocenters. The van der Waals surface area contributed by atoms with Crippen molar-refractivity contribution in [3.8, 4) is 0 Å². The fourth-order valence-corrected chi connectivity index (χ4v) is 8.58. The maximum Gasteiger partial charge on any atom is 0.417 e. The topological polar surface area (TPSA) is 46.2 Å². The third-order valence-corrected chi connectivity index (χ3v) is 10.2. The second-order valence-electron chi connectivity index (χ2n) is 11.4. The highest BCUT2D eigenvalue weighted by Gasteiger charge is 2.60. The van der Waals surface area contributed by atoms with Crippen molar-refractivity contribution in [2.75, 3.05) is 7.05 Å². The lowest BCUT2D eigenvalue weighted by Gasteiger charge is -2.58. The monoisotopic (exact) mass is 473 g/mol. The van der Waals surface area contributed by atoms with Crippen LogP contribution in [0.25, 0.3) is 5.57 Å². The molecule has 34 heavy (non-hydrogen) atoms. The van der Waals surface area contributed by atoms with Gasteiger partial charge in [0.25, 0.3) is 0 Å². The molecule has 0 aromatic heterocycles. The molecule has 4 aliphatic carbocycles. The molecule has 3 unspecified atom stereocenters. The van der Waals surface area contributed by atoms with E-state index in [9.17, 15) is 22.8 Å². The van der Waals surface area contributed by atoms with E-state index in [2.05, 4.69) is 19.2 Å². The molecule has 1 amide bonds. The molecule has 1 aromatic carbocycles. The standard InChI is InChI=1S/C28H34F3NO2/c1-26-15-13-23(33)24(17-6-4-5-7-20(17)28(29,30)31)21(26)9-8-16-18-10-11-22(25(34)32-3)27(18,2)14-12-19(16)26/h4-7,16,18-19,22H,8-15H2,1-3H3,(H,32,34)/t16?,18?,19?,22-,26-,27+/m1/s1. The first-order valence-electron chi connectivity index (χ1n) is 12.7. The molecule has 1 aromatic rings. The van der Waals surface area contributed by atoms with Crippen LogP contribution in [0.2, 0.25) is 0 Å². The Morgan fingerprint density at radius 1 is 1.00 bits per heavy atom. The molecule has 0 bridgehead atoms. The van der Waals surface area contributed by atoms with E-state index in [0.717, 1.165) is 43.7 Å². The average molecular weight is 474 g/mol. The summed E-state index contributed by atoms with van der Waals surface area (Å²) in [5.41, 5.74) is 0.347. The summed E-state index contributed by atoms with van der Waals surface area (Å²) in [6.07, 6.45) is 1.94. The van der Waals surface area contributed by atoms with Crippen molar-refractivity contribution in [2.24, 2.45) is 34.5 Å². The van der Waals surface area contributed by atoms with Crippen molar-refractivity contribution in [3.05, 3.63) is 41.0 Å². The Balaban J connectivity index is 1.56. The number of rotatable bonds is 2. The molecule has 3 fully saturated rings. The largest absolute Gasteiger partial charge is 0.417 e. The maximum absolute atomic E-state index is 13.9. The number of nitrogens with one attached hydrogen (secondary N) is 1. The summed E-state index contributed by atoms with van der Waals surface area (Å²) in [6, 6.07) is 5.57. The third kappa shape index (κ3) is 3.30. The van der Waals surface area contributed by atoms with Gasteiger partial charge in [0, 0.05) is 25.0 Å². The zero-order chi connectivity index (χ0) is 24.5.